The molecule has 17 heavy (non-hydrogen) atoms. The van der Waals surface area contributed by atoms with E-state index < -0.39 is 0 Å². The van der Waals surface area contributed by atoms with Crippen LogP contribution >= 0.6 is 0 Å². The van der Waals surface area contributed by atoms with Crippen molar-refractivity contribution in [3.8, 4) is 0 Å². The maximum absolute atomic E-state index is 11.8. The Hall–Kier alpha value is -1.42. The Morgan fingerprint density at radius 1 is 1.41 bits per heavy atom. The van der Waals surface area contributed by atoms with E-state index in [-0.39, 0.29) is 17.9 Å². The van der Waals surface area contributed by atoms with Crippen molar-refractivity contribution in [2.24, 2.45) is 0 Å². The van der Waals surface area contributed by atoms with Gasteiger partial charge >= 0.3 is 0 Å². The summed E-state index contributed by atoms with van der Waals surface area (Å²) in [7, 11) is 1.65. The number of carbonyl (C=O) groups is 1. The van der Waals surface area contributed by atoms with Gasteiger partial charge in [-0.3, -0.25) is 9.78 Å². The number of amides is 1. The van der Waals surface area contributed by atoms with E-state index in [1.165, 1.54) is 4.90 Å². The van der Waals surface area contributed by atoms with Crippen molar-refractivity contribution in [3.63, 3.8) is 0 Å². The summed E-state index contributed by atoms with van der Waals surface area (Å²) in [6.45, 7) is 6.58. The topological polar surface area (TPSA) is 53.4 Å². The fraction of sp³-hybridized carbons (Fsp3) is 0.538. The second-order valence-corrected chi connectivity index (χ2v) is 5.13. The molecule has 0 unspecified atom stereocenters. The predicted molar refractivity (Wildman–Crippen MR) is 67.0 cm³/mol. The molecule has 0 radical (unpaired) electrons. The van der Waals surface area contributed by atoms with Crippen molar-refractivity contribution >= 4 is 5.91 Å². The van der Waals surface area contributed by atoms with Crippen LogP contribution in [0.2, 0.25) is 0 Å². The van der Waals surface area contributed by atoms with E-state index in [4.69, 9.17) is 5.11 Å². The van der Waals surface area contributed by atoms with Gasteiger partial charge in [0.15, 0.2) is 0 Å². The molecule has 1 aromatic heterocycles. The van der Waals surface area contributed by atoms with Gasteiger partial charge in [-0.05, 0) is 17.0 Å². The van der Waals surface area contributed by atoms with Gasteiger partial charge in [0.1, 0.15) is 5.69 Å². The van der Waals surface area contributed by atoms with Gasteiger partial charge < -0.3 is 10.0 Å². The lowest BCUT2D eigenvalue weighted by molar-refractivity contribution is 0.0761. The summed E-state index contributed by atoms with van der Waals surface area (Å²) in [5, 5.41) is 8.77. The first-order chi connectivity index (χ1) is 7.86. The average molecular weight is 236 g/mol. The van der Waals surface area contributed by atoms with Crippen LogP contribution in [0, 0.1) is 0 Å². The normalized spacial score (nSPS) is 11.4. The Labute approximate surface area is 102 Å². The zero-order chi connectivity index (χ0) is 13.1. The highest BCUT2D eigenvalue weighted by atomic mass is 16.3. The molecule has 94 valence electrons. The van der Waals surface area contributed by atoms with Crippen molar-refractivity contribution in [2.45, 2.75) is 26.2 Å². The van der Waals surface area contributed by atoms with E-state index in [1.807, 2.05) is 6.07 Å². The minimum absolute atomic E-state index is 0.0333. The lowest BCUT2D eigenvalue weighted by atomic mass is 9.88. The number of hydrogen-bond acceptors (Lipinski definition) is 3. The Bertz CT molecular complexity index is 379. The van der Waals surface area contributed by atoms with E-state index in [9.17, 15) is 4.79 Å². The van der Waals surface area contributed by atoms with Crippen molar-refractivity contribution in [2.75, 3.05) is 20.2 Å². The number of hydrogen-bond donors (Lipinski definition) is 1. The summed E-state index contributed by atoms with van der Waals surface area (Å²) in [6, 6.07) is 3.66. The number of nitrogens with zero attached hydrogens (tertiary/aromatic N) is 2. The number of aromatic nitrogens is 1. The van der Waals surface area contributed by atoms with Crippen molar-refractivity contribution in [3.05, 3.63) is 29.6 Å². The third-order valence-corrected chi connectivity index (χ3v) is 2.63. The Morgan fingerprint density at radius 2 is 2.06 bits per heavy atom. The quantitative estimate of drug-likeness (QED) is 0.864. The van der Waals surface area contributed by atoms with Gasteiger partial charge in [-0.15, -0.1) is 0 Å². The van der Waals surface area contributed by atoms with E-state index in [0.717, 1.165) is 5.56 Å². The summed E-state index contributed by atoms with van der Waals surface area (Å²) in [5.41, 5.74) is 1.54. The fourth-order valence-electron chi connectivity index (χ4n) is 1.41. The van der Waals surface area contributed by atoms with Gasteiger partial charge in [-0.1, -0.05) is 26.8 Å². The first-order valence-electron chi connectivity index (χ1n) is 5.69. The highest BCUT2D eigenvalue weighted by Gasteiger charge is 2.16. The van der Waals surface area contributed by atoms with Crippen LogP contribution in [0.4, 0.5) is 0 Å². The predicted octanol–water partition coefficient (Wildman–Crippen LogP) is 1.44. The Morgan fingerprint density at radius 3 is 2.47 bits per heavy atom. The van der Waals surface area contributed by atoms with E-state index in [0.29, 0.717) is 12.2 Å². The second kappa shape index (κ2) is 5.27. The minimum Gasteiger partial charge on any atom is -0.395 e. The van der Waals surface area contributed by atoms with E-state index in [2.05, 4.69) is 25.8 Å². The molecule has 0 saturated heterocycles. The van der Waals surface area contributed by atoms with Gasteiger partial charge in [-0.2, -0.15) is 0 Å². The first-order valence-corrected chi connectivity index (χ1v) is 5.69. The molecule has 0 aromatic carbocycles. The molecule has 4 nitrogen and oxygen atoms in total. The zero-order valence-corrected chi connectivity index (χ0v) is 10.9. The molecule has 1 amide bonds. The molecular weight excluding hydrogens is 216 g/mol. The third kappa shape index (κ3) is 3.53. The van der Waals surface area contributed by atoms with E-state index in [1.54, 1.807) is 19.3 Å². The largest absolute Gasteiger partial charge is 0.395 e. The molecule has 1 heterocycles. The standard InChI is InChI=1S/C13H20N2O2/c1-13(2,3)10-5-6-11(14-9-10)12(17)15(4)7-8-16/h5-6,9,16H,7-8H2,1-4H3. The lowest BCUT2D eigenvalue weighted by Crippen LogP contribution is -2.30. The van der Waals surface area contributed by atoms with Crippen LogP contribution in [0.25, 0.3) is 0 Å². The molecule has 0 bridgehead atoms. The van der Waals surface area contributed by atoms with Crippen molar-refractivity contribution < 1.29 is 9.90 Å². The average Bonchev–Trinajstić information content (AvgIpc) is 2.27. The van der Waals surface area contributed by atoms with E-state index >= 15 is 0 Å². The van der Waals surface area contributed by atoms with Gasteiger partial charge in [0.2, 0.25) is 0 Å². The maximum Gasteiger partial charge on any atom is 0.272 e. The van der Waals surface area contributed by atoms with Crippen LogP contribution in [0.3, 0.4) is 0 Å². The molecule has 4 heteroatoms. The number of pyridine rings is 1. The van der Waals surface area contributed by atoms with Crippen LogP contribution in [0.15, 0.2) is 18.3 Å². The highest BCUT2D eigenvalue weighted by Crippen LogP contribution is 2.21. The molecular formula is C13H20N2O2. The SMILES string of the molecule is CN(CCO)C(=O)c1ccc(C(C)(C)C)cn1. The summed E-state index contributed by atoms with van der Waals surface area (Å²) >= 11 is 0. The van der Waals surface area contributed by atoms with Gasteiger partial charge in [0.25, 0.3) is 5.91 Å². The van der Waals surface area contributed by atoms with Crippen molar-refractivity contribution in [1.82, 2.24) is 9.88 Å². The maximum atomic E-state index is 11.8. The van der Waals surface area contributed by atoms with Gasteiger partial charge in [0, 0.05) is 19.8 Å². The van der Waals surface area contributed by atoms with Crippen LogP contribution in [-0.4, -0.2) is 41.1 Å². The fourth-order valence-corrected chi connectivity index (χ4v) is 1.41. The van der Waals surface area contributed by atoms with Gasteiger partial charge in [-0.25, -0.2) is 0 Å². The monoisotopic (exact) mass is 236 g/mol. The molecule has 1 N–H and O–H groups in total. The molecule has 1 rings (SSSR count). The summed E-state index contributed by atoms with van der Waals surface area (Å²) in [6.07, 6.45) is 1.74. The van der Waals surface area contributed by atoms with Crippen LogP contribution in [-0.2, 0) is 5.41 Å². The Kier molecular flexibility index (Phi) is 4.23. The molecule has 0 aliphatic carbocycles. The number of carbonyl (C=O) groups excluding carboxylic acids is 1. The molecule has 0 saturated carbocycles. The number of rotatable bonds is 3. The minimum atomic E-state index is -0.167. The molecule has 0 aliphatic heterocycles. The molecule has 0 fully saturated rings. The summed E-state index contributed by atoms with van der Waals surface area (Å²) < 4.78 is 0. The van der Waals surface area contributed by atoms with Crippen molar-refractivity contribution in [1.29, 1.82) is 0 Å². The van der Waals surface area contributed by atoms with Gasteiger partial charge in [0.05, 0.1) is 6.61 Å². The van der Waals surface area contributed by atoms with Crippen LogP contribution < -0.4 is 0 Å². The molecule has 0 aliphatic rings. The third-order valence-electron chi connectivity index (χ3n) is 2.63. The van der Waals surface area contributed by atoms with Crippen LogP contribution in [0.5, 0.6) is 0 Å². The molecule has 0 spiro atoms. The number of aliphatic hydroxyl groups excluding tert-OH is 1. The molecule has 0 atom stereocenters. The Balaban J connectivity index is 2.84. The zero-order valence-electron chi connectivity index (χ0n) is 10.9. The van der Waals surface area contributed by atoms with Crippen LogP contribution in [0.1, 0.15) is 36.8 Å². The lowest BCUT2D eigenvalue weighted by Gasteiger charge is -2.19. The molecule has 1 aromatic rings. The summed E-state index contributed by atoms with van der Waals surface area (Å²) in [5.74, 6) is -0.167. The smallest absolute Gasteiger partial charge is 0.272 e. The first kappa shape index (κ1) is 13.6. The highest BCUT2D eigenvalue weighted by molar-refractivity contribution is 5.92. The second-order valence-electron chi connectivity index (χ2n) is 5.13. The number of aliphatic hydroxyl groups is 1. The summed E-state index contributed by atoms with van der Waals surface area (Å²) in [4.78, 5) is 17.5. The number of likely N-dealkylation sites (N-methyl/N-ethyl adjacent to an activating group) is 1.